The molecule has 0 spiro atoms. The van der Waals surface area contributed by atoms with Gasteiger partial charge in [-0.2, -0.15) is 0 Å². The van der Waals surface area contributed by atoms with Gasteiger partial charge < -0.3 is 4.84 Å². The second-order valence-corrected chi connectivity index (χ2v) is 4.49. The summed E-state index contributed by atoms with van der Waals surface area (Å²) in [5, 5.41) is 6.12. The predicted molar refractivity (Wildman–Crippen MR) is 50.6 cm³/mol. The van der Waals surface area contributed by atoms with Crippen LogP contribution in [0.4, 0.5) is 0 Å². The smallest absolute Gasteiger partial charge is 0.137 e. The van der Waals surface area contributed by atoms with E-state index in [1.54, 1.807) is 11.3 Å². The Morgan fingerprint density at radius 2 is 2.42 bits per heavy atom. The van der Waals surface area contributed by atoms with Gasteiger partial charge >= 0.3 is 0 Å². The molecule has 1 aliphatic heterocycles. The summed E-state index contributed by atoms with van der Waals surface area (Å²) in [5.74, 6) is 0. The summed E-state index contributed by atoms with van der Waals surface area (Å²) in [6, 6.07) is 4.11. The van der Waals surface area contributed by atoms with Crippen LogP contribution in [0.2, 0.25) is 0 Å². The maximum Gasteiger partial charge on any atom is 0.137 e. The van der Waals surface area contributed by atoms with Crippen molar-refractivity contribution in [3.63, 3.8) is 0 Å². The molecule has 0 saturated carbocycles. The van der Waals surface area contributed by atoms with Gasteiger partial charge in [-0.15, -0.1) is 11.3 Å². The molecule has 0 aromatic carbocycles. The van der Waals surface area contributed by atoms with E-state index >= 15 is 0 Å². The average molecular weight is 181 g/mol. The minimum Gasteiger partial charge on any atom is -0.389 e. The summed E-state index contributed by atoms with van der Waals surface area (Å²) in [6.07, 6.45) is 0.910. The summed E-state index contributed by atoms with van der Waals surface area (Å²) in [5.41, 5.74) is 0.967. The third-order valence-corrected chi connectivity index (χ3v) is 2.72. The van der Waals surface area contributed by atoms with Crippen LogP contribution < -0.4 is 0 Å². The van der Waals surface area contributed by atoms with Crippen LogP contribution >= 0.6 is 11.3 Å². The molecule has 0 N–H and O–H groups in total. The van der Waals surface area contributed by atoms with Crippen molar-refractivity contribution < 1.29 is 4.84 Å². The lowest BCUT2D eigenvalue weighted by Gasteiger charge is -2.12. The number of hydrogen-bond donors (Lipinski definition) is 0. The van der Waals surface area contributed by atoms with Gasteiger partial charge in [0.15, 0.2) is 0 Å². The highest BCUT2D eigenvalue weighted by atomic mass is 32.1. The normalized spacial score (nSPS) is 20.3. The maximum atomic E-state index is 5.27. The van der Waals surface area contributed by atoms with Crippen molar-refractivity contribution >= 4 is 17.0 Å². The first-order chi connectivity index (χ1) is 5.67. The van der Waals surface area contributed by atoms with Crippen molar-refractivity contribution in [2.45, 2.75) is 25.9 Å². The van der Waals surface area contributed by atoms with Crippen LogP contribution in [0.1, 0.15) is 25.1 Å². The Labute approximate surface area is 75.9 Å². The fourth-order valence-electron chi connectivity index (χ4n) is 1.22. The van der Waals surface area contributed by atoms with Crippen LogP contribution in [0.25, 0.3) is 0 Å². The highest BCUT2D eigenvalue weighted by Crippen LogP contribution is 2.27. The van der Waals surface area contributed by atoms with E-state index in [4.69, 9.17) is 4.84 Å². The zero-order valence-electron chi connectivity index (χ0n) is 7.20. The Kier molecular flexibility index (Phi) is 1.68. The predicted octanol–water partition coefficient (Wildman–Crippen LogP) is 2.65. The van der Waals surface area contributed by atoms with Gasteiger partial charge in [-0.25, -0.2) is 0 Å². The number of nitrogens with zero attached hydrogens (tertiary/aromatic N) is 1. The first kappa shape index (κ1) is 7.80. The average Bonchev–Trinajstić information content (AvgIpc) is 2.55. The van der Waals surface area contributed by atoms with Crippen LogP contribution in [0, 0.1) is 0 Å². The number of thiophene rings is 1. The zero-order valence-corrected chi connectivity index (χ0v) is 8.02. The monoisotopic (exact) mass is 181 g/mol. The van der Waals surface area contributed by atoms with Crippen LogP contribution in [-0.4, -0.2) is 11.3 Å². The fraction of sp³-hybridized carbons (Fsp3) is 0.444. The van der Waals surface area contributed by atoms with Crippen molar-refractivity contribution in [1.29, 1.82) is 0 Å². The first-order valence-electron chi connectivity index (χ1n) is 3.96. The van der Waals surface area contributed by atoms with Crippen molar-refractivity contribution in [2.24, 2.45) is 5.16 Å². The molecule has 2 rings (SSSR count). The Bertz CT molecular complexity index is 300. The molecule has 2 heterocycles. The second-order valence-electron chi connectivity index (χ2n) is 3.54. The number of hydrogen-bond acceptors (Lipinski definition) is 3. The Hall–Kier alpha value is -0.830. The highest BCUT2D eigenvalue weighted by Gasteiger charge is 2.29. The second kappa shape index (κ2) is 2.59. The minimum absolute atomic E-state index is 0.112. The van der Waals surface area contributed by atoms with Crippen molar-refractivity contribution in [2.75, 3.05) is 0 Å². The maximum absolute atomic E-state index is 5.27. The molecular formula is C9H11NOS. The molecule has 0 saturated heterocycles. The molecule has 64 valence electrons. The summed E-state index contributed by atoms with van der Waals surface area (Å²) < 4.78 is 0. The molecule has 12 heavy (non-hydrogen) atoms. The van der Waals surface area contributed by atoms with Gasteiger partial charge in [-0.3, -0.25) is 0 Å². The van der Waals surface area contributed by atoms with Gasteiger partial charge in [0.05, 0.1) is 4.88 Å². The summed E-state index contributed by atoms with van der Waals surface area (Å²) in [6.45, 7) is 4.11. The minimum atomic E-state index is -0.112. The van der Waals surface area contributed by atoms with Crippen LogP contribution in [0.15, 0.2) is 22.7 Å². The van der Waals surface area contributed by atoms with E-state index in [0.717, 1.165) is 12.1 Å². The molecule has 0 unspecified atom stereocenters. The van der Waals surface area contributed by atoms with Crippen molar-refractivity contribution in [3.05, 3.63) is 22.4 Å². The molecule has 1 aliphatic rings. The van der Waals surface area contributed by atoms with Crippen LogP contribution in [0.3, 0.4) is 0 Å². The molecule has 0 bridgehead atoms. The first-order valence-corrected chi connectivity index (χ1v) is 4.84. The van der Waals surface area contributed by atoms with E-state index in [2.05, 4.69) is 30.4 Å². The van der Waals surface area contributed by atoms with Crippen LogP contribution in [0.5, 0.6) is 0 Å². The molecule has 1 aromatic rings. The zero-order chi connectivity index (χ0) is 8.60. The summed E-state index contributed by atoms with van der Waals surface area (Å²) in [4.78, 5) is 6.49. The fourth-order valence-corrected chi connectivity index (χ4v) is 1.93. The lowest BCUT2D eigenvalue weighted by molar-refractivity contribution is 0.0123. The lowest BCUT2D eigenvalue weighted by atomic mass is 10.0. The van der Waals surface area contributed by atoms with Gasteiger partial charge in [0.1, 0.15) is 11.3 Å². The molecule has 1 aromatic heterocycles. The van der Waals surface area contributed by atoms with E-state index < -0.39 is 0 Å². The molecule has 2 nitrogen and oxygen atoms in total. The van der Waals surface area contributed by atoms with Gasteiger partial charge in [0.2, 0.25) is 0 Å². The van der Waals surface area contributed by atoms with E-state index in [-0.39, 0.29) is 5.60 Å². The molecular weight excluding hydrogens is 170 g/mol. The molecule has 0 fully saturated rings. The van der Waals surface area contributed by atoms with Crippen molar-refractivity contribution in [3.8, 4) is 0 Å². The topological polar surface area (TPSA) is 21.6 Å². The Balaban J connectivity index is 2.20. The number of rotatable bonds is 1. The largest absolute Gasteiger partial charge is 0.389 e. The quantitative estimate of drug-likeness (QED) is 0.652. The van der Waals surface area contributed by atoms with Crippen LogP contribution in [-0.2, 0) is 4.84 Å². The van der Waals surface area contributed by atoms with Gasteiger partial charge in [-0.1, -0.05) is 11.2 Å². The van der Waals surface area contributed by atoms with E-state index in [1.165, 1.54) is 4.88 Å². The molecule has 0 radical (unpaired) electrons. The third kappa shape index (κ3) is 1.37. The molecule has 0 amide bonds. The summed E-state index contributed by atoms with van der Waals surface area (Å²) >= 11 is 1.71. The molecule has 3 heteroatoms. The van der Waals surface area contributed by atoms with E-state index in [1.807, 2.05) is 6.07 Å². The standard InChI is InChI=1S/C9H11NOS/c1-9(2)6-7(10-11-9)8-4-3-5-12-8/h3-5H,6H2,1-2H3. The number of oxime groups is 1. The van der Waals surface area contributed by atoms with Crippen molar-refractivity contribution in [1.82, 2.24) is 0 Å². The van der Waals surface area contributed by atoms with E-state index in [0.29, 0.717) is 0 Å². The SMILES string of the molecule is CC1(C)CC(c2cccs2)=NO1. The molecule has 0 atom stereocenters. The van der Waals surface area contributed by atoms with Gasteiger partial charge in [-0.05, 0) is 25.3 Å². The highest BCUT2D eigenvalue weighted by molar-refractivity contribution is 7.12. The van der Waals surface area contributed by atoms with E-state index in [9.17, 15) is 0 Å². The third-order valence-electron chi connectivity index (χ3n) is 1.80. The Morgan fingerprint density at radius 1 is 1.58 bits per heavy atom. The Morgan fingerprint density at radius 3 is 2.92 bits per heavy atom. The lowest BCUT2D eigenvalue weighted by Crippen LogP contribution is -2.18. The van der Waals surface area contributed by atoms with Gasteiger partial charge in [0, 0.05) is 6.42 Å². The molecule has 0 aliphatic carbocycles. The summed E-state index contributed by atoms with van der Waals surface area (Å²) in [7, 11) is 0. The van der Waals surface area contributed by atoms with Gasteiger partial charge in [0.25, 0.3) is 0 Å².